The van der Waals surface area contributed by atoms with Crippen LogP contribution in [-0.4, -0.2) is 20.5 Å². The Balaban J connectivity index is 3.00. The van der Waals surface area contributed by atoms with Gasteiger partial charge in [-0.3, -0.25) is 4.79 Å². The highest BCUT2D eigenvalue weighted by molar-refractivity contribution is 7.88. The Bertz CT molecular complexity index is 439. The lowest BCUT2D eigenvalue weighted by molar-refractivity contribution is -0.118. The summed E-state index contributed by atoms with van der Waals surface area (Å²) in [6.45, 7) is 1.36. The number of nitrogens with one attached hydrogen (secondary N) is 1. The molecule has 0 spiro atoms. The van der Waals surface area contributed by atoms with Gasteiger partial charge in [-0.25, -0.2) is 13.1 Å². The van der Waals surface area contributed by atoms with Crippen LogP contribution in [0.25, 0.3) is 0 Å². The van der Waals surface area contributed by atoms with Crippen molar-refractivity contribution in [1.29, 1.82) is 0 Å². The largest absolute Gasteiger partial charge is 0.298 e. The molecule has 1 N–H and O–H groups in total. The third-order valence-electron chi connectivity index (χ3n) is 1.87. The van der Waals surface area contributed by atoms with Crippen LogP contribution in [0.2, 0.25) is 0 Å². The summed E-state index contributed by atoms with van der Waals surface area (Å²) in [4.78, 5) is 11.3. The van der Waals surface area contributed by atoms with E-state index in [0.717, 1.165) is 6.26 Å². The minimum atomic E-state index is -3.39. The molecule has 0 saturated carbocycles. The van der Waals surface area contributed by atoms with E-state index < -0.39 is 16.1 Å². The monoisotopic (exact) mass is 227 g/mol. The molecule has 1 aromatic carbocycles. The number of sulfonamides is 1. The van der Waals surface area contributed by atoms with E-state index in [1.807, 2.05) is 0 Å². The van der Waals surface area contributed by atoms with Crippen molar-refractivity contribution in [2.45, 2.75) is 13.0 Å². The van der Waals surface area contributed by atoms with Crippen LogP contribution in [0.1, 0.15) is 18.5 Å². The number of hydrogen-bond acceptors (Lipinski definition) is 3. The lowest BCUT2D eigenvalue weighted by Crippen LogP contribution is -2.31. The highest BCUT2D eigenvalue weighted by Gasteiger charge is 2.19. The Morgan fingerprint density at radius 1 is 1.27 bits per heavy atom. The molecule has 1 atom stereocenters. The van der Waals surface area contributed by atoms with Crippen LogP contribution in [0.15, 0.2) is 30.3 Å². The molecule has 0 aliphatic rings. The molecule has 1 rings (SSSR count). The molecule has 1 aromatic rings. The molecule has 0 aliphatic heterocycles. The molecule has 0 aliphatic carbocycles. The van der Waals surface area contributed by atoms with Crippen molar-refractivity contribution < 1.29 is 13.2 Å². The van der Waals surface area contributed by atoms with Gasteiger partial charge < -0.3 is 0 Å². The smallest absolute Gasteiger partial charge is 0.209 e. The van der Waals surface area contributed by atoms with Crippen LogP contribution in [0.3, 0.4) is 0 Å². The predicted molar refractivity (Wildman–Crippen MR) is 57.8 cm³/mol. The normalized spacial score (nSPS) is 13.5. The van der Waals surface area contributed by atoms with Gasteiger partial charge in [0, 0.05) is 0 Å². The summed E-state index contributed by atoms with van der Waals surface area (Å²) in [5.41, 5.74) is 0.649. The first-order valence-electron chi connectivity index (χ1n) is 4.43. The second-order valence-corrected chi connectivity index (χ2v) is 5.12. The molecule has 15 heavy (non-hydrogen) atoms. The first kappa shape index (κ1) is 11.9. The van der Waals surface area contributed by atoms with E-state index in [9.17, 15) is 13.2 Å². The van der Waals surface area contributed by atoms with E-state index in [1.54, 1.807) is 30.3 Å². The first-order chi connectivity index (χ1) is 6.90. The average Bonchev–Trinajstić information content (AvgIpc) is 2.14. The van der Waals surface area contributed by atoms with Crippen molar-refractivity contribution in [2.24, 2.45) is 0 Å². The molecular formula is C10H13NO3S. The number of Topliss-reactive ketones (excluding diaryl/α,β-unsaturated/α-hetero) is 1. The number of carbonyl (C=O) groups is 1. The van der Waals surface area contributed by atoms with Gasteiger partial charge in [0.25, 0.3) is 0 Å². The standard InChI is InChI=1S/C10H13NO3S/c1-8(12)10(11-15(2,13)14)9-6-4-3-5-7-9/h3-7,10-11H,1-2H3/t10-/m0/s1. The summed E-state index contributed by atoms with van der Waals surface area (Å²) in [7, 11) is -3.39. The maximum absolute atomic E-state index is 11.3. The van der Waals surface area contributed by atoms with Crippen molar-refractivity contribution >= 4 is 15.8 Å². The van der Waals surface area contributed by atoms with Crippen LogP contribution < -0.4 is 4.72 Å². The van der Waals surface area contributed by atoms with Crippen LogP contribution >= 0.6 is 0 Å². The summed E-state index contributed by atoms with van der Waals surface area (Å²) < 4.78 is 24.4. The second-order valence-electron chi connectivity index (χ2n) is 3.34. The van der Waals surface area contributed by atoms with Crippen molar-refractivity contribution in [2.75, 3.05) is 6.26 Å². The minimum absolute atomic E-state index is 0.230. The maximum atomic E-state index is 11.3. The molecule has 0 fully saturated rings. The van der Waals surface area contributed by atoms with Crippen molar-refractivity contribution in [1.82, 2.24) is 4.72 Å². The number of benzene rings is 1. The summed E-state index contributed by atoms with van der Waals surface area (Å²) in [6, 6.07) is 7.96. The van der Waals surface area contributed by atoms with Crippen LogP contribution in [0, 0.1) is 0 Å². The van der Waals surface area contributed by atoms with Gasteiger partial charge >= 0.3 is 0 Å². The molecule has 0 saturated heterocycles. The number of rotatable bonds is 4. The molecule has 82 valence electrons. The third kappa shape index (κ3) is 3.81. The fourth-order valence-corrected chi connectivity index (χ4v) is 1.98. The SMILES string of the molecule is CC(=O)[C@H](NS(C)(=O)=O)c1ccccc1. The summed E-state index contributed by atoms with van der Waals surface area (Å²) >= 11 is 0. The Labute approximate surface area is 89.4 Å². The summed E-state index contributed by atoms with van der Waals surface area (Å²) in [5, 5.41) is 0. The van der Waals surface area contributed by atoms with Gasteiger partial charge in [-0.1, -0.05) is 30.3 Å². The predicted octanol–water partition coefficient (Wildman–Crippen LogP) is 0.866. The Morgan fingerprint density at radius 2 is 1.80 bits per heavy atom. The first-order valence-corrected chi connectivity index (χ1v) is 6.32. The fraction of sp³-hybridized carbons (Fsp3) is 0.300. The zero-order valence-electron chi connectivity index (χ0n) is 8.60. The van der Waals surface area contributed by atoms with Crippen LogP contribution in [-0.2, 0) is 14.8 Å². The van der Waals surface area contributed by atoms with E-state index in [4.69, 9.17) is 0 Å². The van der Waals surface area contributed by atoms with Gasteiger partial charge in [0.05, 0.1) is 6.26 Å². The van der Waals surface area contributed by atoms with Crippen molar-refractivity contribution in [3.05, 3.63) is 35.9 Å². The van der Waals surface area contributed by atoms with Crippen LogP contribution in [0.5, 0.6) is 0 Å². The number of hydrogen-bond donors (Lipinski definition) is 1. The van der Waals surface area contributed by atoms with E-state index in [-0.39, 0.29) is 5.78 Å². The van der Waals surface area contributed by atoms with Gasteiger partial charge in [0.2, 0.25) is 10.0 Å². The van der Waals surface area contributed by atoms with Gasteiger partial charge in [-0.2, -0.15) is 0 Å². The maximum Gasteiger partial charge on any atom is 0.209 e. The summed E-state index contributed by atoms with van der Waals surface area (Å²) in [6.07, 6.45) is 1.03. The van der Waals surface area contributed by atoms with E-state index in [2.05, 4.69) is 4.72 Å². The van der Waals surface area contributed by atoms with Crippen LogP contribution in [0.4, 0.5) is 0 Å². The van der Waals surface area contributed by atoms with Crippen molar-refractivity contribution in [3.8, 4) is 0 Å². The van der Waals surface area contributed by atoms with E-state index in [0.29, 0.717) is 5.56 Å². The molecule has 0 unspecified atom stereocenters. The lowest BCUT2D eigenvalue weighted by atomic mass is 10.1. The molecular weight excluding hydrogens is 214 g/mol. The highest BCUT2D eigenvalue weighted by Crippen LogP contribution is 2.14. The Hall–Kier alpha value is -1.20. The van der Waals surface area contributed by atoms with Gasteiger partial charge in [-0.15, -0.1) is 0 Å². The third-order valence-corrected chi connectivity index (χ3v) is 2.54. The van der Waals surface area contributed by atoms with E-state index in [1.165, 1.54) is 6.92 Å². The van der Waals surface area contributed by atoms with Gasteiger partial charge in [0.1, 0.15) is 6.04 Å². The topological polar surface area (TPSA) is 63.2 Å². The lowest BCUT2D eigenvalue weighted by Gasteiger charge is -2.14. The molecule has 0 radical (unpaired) electrons. The van der Waals surface area contributed by atoms with Crippen molar-refractivity contribution in [3.63, 3.8) is 0 Å². The molecule has 0 heterocycles. The van der Waals surface area contributed by atoms with Gasteiger partial charge in [0.15, 0.2) is 5.78 Å². The fourth-order valence-electron chi connectivity index (χ4n) is 1.25. The average molecular weight is 227 g/mol. The zero-order valence-corrected chi connectivity index (χ0v) is 9.41. The number of ketones is 1. The molecule has 0 amide bonds. The van der Waals surface area contributed by atoms with Gasteiger partial charge in [-0.05, 0) is 12.5 Å². The zero-order chi connectivity index (χ0) is 11.5. The summed E-state index contributed by atoms with van der Waals surface area (Å²) in [5.74, 6) is -0.230. The molecule has 4 nitrogen and oxygen atoms in total. The second kappa shape index (κ2) is 4.55. The Kier molecular flexibility index (Phi) is 3.60. The Morgan fingerprint density at radius 3 is 2.20 bits per heavy atom. The quantitative estimate of drug-likeness (QED) is 0.830. The minimum Gasteiger partial charge on any atom is -0.298 e. The number of carbonyl (C=O) groups excluding carboxylic acids is 1. The molecule has 0 aromatic heterocycles. The highest BCUT2D eigenvalue weighted by atomic mass is 32.2. The van der Waals surface area contributed by atoms with E-state index >= 15 is 0 Å². The molecule has 0 bridgehead atoms. The molecule has 5 heteroatoms.